The van der Waals surface area contributed by atoms with Gasteiger partial charge in [0.05, 0.1) is 12.2 Å². The number of aliphatic hydroxyl groups is 1. The molecule has 1 aliphatic rings. The van der Waals surface area contributed by atoms with Crippen molar-refractivity contribution < 1.29 is 20.1 Å². The molecule has 3 N–H and O–H groups in total. The molecule has 5 unspecified atom stereocenters. The molecule has 0 saturated carbocycles. The molecule has 154 valence electrons. The van der Waals surface area contributed by atoms with E-state index >= 15 is 0 Å². The Bertz CT molecular complexity index is 844. The number of phenolic OH excluding ortho intramolecular Hbond substituents is 2. The molecule has 29 heavy (non-hydrogen) atoms. The van der Waals surface area contributed by atoms with Gasteiger partial charge in [0.25, 0.3) is 0 Å². The first-order valence-electron chi connectivity index (χ1n) is 9.87. The van der Waals surface area contributed by atoms with Crippen molar-refractivity contribution in [1.82, 2.24) is 0 Å². The van der Waals surface area contributed by atoms with Gasteiger partial charge < -0.3 is 20.1 Å². The van der Waals surface area contributed by atoms with E-state index in [0.29, 0.717) is 18.4 Å². The van der Waals surface area contributed by atoms with Crippen molar-refractivity contribution in [3.05, 3.63) is 64.1 Å². The third-order valence-electron chi connectivity index (χ3n) is 5.54. The summed E-state index contributed by atoms with van der Waals surface area (Å²) in [6.07, 6.45) is 3.57. The van der Waals surface area contributed by atoms with Gasteiger partial charge in [-0.25, -0.2) is 0 Å². The molecule has 6 heteroatoms. The van der Waals surface area contributed by atoms with E-state index in [1.165, 1.54) is 6.07 Å². The standard InChI is InChI=1S/C23H27NO5/c1-3-20-23(27)22(24-28)14(2)21(29-20)12-16-7-4-15(5-8-16)6-9-17-10-18(25)13-19(26)11-17/h4-11,13-14,20-23,25-27H,3,12H2,1-2H3/b9-6+. The Morgan fingerprint density at radius 2 is 1.62 bits per heavy atom. The Morgan fingerprint density at radius 1 is 1.00 bits per heavy atom. The third-order valence-corrected chi connectivity index (χ3v) is 5.54. The fourth-order valence-electron chi connectivity index (χ4n) is 3.81. The minimum Gasteiger partial charge on any atom is -0.508 e. The number of phenols is 2. The Hall–Kier alpha value is -2.70. The van der Waals surface area contributed by atoms with Crippen molar-refractivity contribution in [2.75, 3.05) is 0 Å². The van der Waals surface area contributed by atoms with Gasteiger partial charge in [0.15, 0.2) is 0 Å². The Morgan fingerprint density at radius 3 is 2.21 bits per heavy atom. The molecule has 0 aromatic heterocycles. The number of aliphatic hydroxyl groups excluding tert-OH is 1. The molecule has 6 nitrogen and oxygen atoms in total. The first kappa shape index (κ1) is 21.0. The van der Waals surface area contributed by atoms with Crippen molar-refractivity contribution in [2.24, 2.45) is 11.1 Å². The molecule has 5 atom stereocenters. The van der Waals surface area contributed by atoms with Gasteiger partial charge in [-0.2, -0.15) is 4.91 Å². The molecular formula is C23H27NO5. The van der Waals surface area contributed by atoms with Crippen LogP contribution in [0.25, 0.3) is 12.2 Å². The van der Waals surface area contributed by atoms with Crippen LogP contribution >= 0.6 is 0 Å². The van der Waals surface area contributed by atoms with Gasteiger partial charge in [0.2, 0.25) is 0 Å². The molecule has 1 saturated heterocycles. The number of hydrogen-bond acceptors (Lipinski definition) is 6. The largest absolute Gasteiger partial charge is 0.508 e. The van der Waals surface area contributed by atoms with Crippen LogP contribution in [0.3, 0.4) is 0 Å². The highest BCUT2D eigenvalue weighted by Gasteiger charge is 2.43. The molecule has 0 radical (unpaired) electrons. The summed E-state index contributed by atoms with van der Waals surface area (Å²) in [5.41, 5.74) is 2.75. The summed E-state index contributed by atoms with van der Waals surface area (Å²) >= 11 is 0. The van der Waals surface area contributed by atoms with Crippen LogP contribution in [0.1, 0.15) is 37.0 Å². The fraction of sp³-hybridized carbons (Fsp3) is 0.391. The van der Waals surface area contributed by atoms with Gasteiger partial charge in [-0.15, -0.1) is 0 Å². The van der Waals surface area contributed by atoms with Crippen molar-refractivity contribution >= 4 is 12.2 Å². The number of benzene rings is 2. The summed E-state index contributed by atoms with van der Waals surface area (Å²) < 4.78 is 6.04. The number of aromatic hydroxyl groups is 2. The average molecular weight is 397 g/mol. The highest BCUT2D eigenvalue weighted by Crippen LogP contribution is 2.31. The lowest BCUT2D eigenvalue weighted by Crippen LogP contribution is -2.52. The van der Waals surface area contributed by atoms with Crippen LogP contribution in [-0.4, -0.2) is 39.7 Å². The van der Waals surface area contributed by atoms with Crippen LogP contribution < -0.4 is 0 Å². The number of nitroso groups, excluding NO2 is 1. The first-order valence-corrected chi connectivity index (χ1v) is 9.87. The zero-order valence-corrected chi connectivity index (χ0v) is 16.6. The van der Waals surface area contributed by atoms with E-state index in [-0.39, 0.29) is 29.6 Å². The number of nitrogens with zero attached hydrogens (tertiary/aromatic N) is 1. The van der Waals surface area contributed by atoms with E-state index in [4.69, 9.17) is 4.74 Å². The van der Waals surface area contributed by atoms with Crippen molar-refractivity contribution in [3.8, 4) is 11.5 Å². The molecule has 0 aliphatic carbocycles. The number of hydrogen-bond donors (Lipinski definition) is 3. The Labute approximate surface area is 170 Å². The van der Waals surface area contributed by atoms with Crippen LogP contribution in [0, 0.1) is 10.8 Å². The number of ether oxygens (including phenoxy) is 1. The van der Waals surface area contributed by atoms with E-state index < -0.39 is 12.1 Å². The smallest absolute Gasteiger partial charge is 0.125 e. The second-order valence-electron chi connectivity index (χ2n) is 7.63. The zero-order valence-electron chi connectivity index (χ0n) is 16.6. The average Bonchev–Trinajstić information content (AvgIpc) is 2.69. The lowest BCUT2D eigenvalue weighted by molar-refractivity contribution is -0.150. The Balaban J connectivity index is 1.68. The highest BCUT2D eigenvalue weighted by atomic mass is 16.5. The quantitative estimate of drug-likeness (QED) is 0.503. The normalized spacial score (nSPS) is 27.2. The summed E-state index contributed by atoms with van der Waals surface area (Å²) in [6.45, 7) is 3.82. The lowest BCUT2D eigenvalue weighted by atomic mass is 9.83. The summed E-state index contributed by atoms with van der Waals surface area (Å²) in [5, 5.41) is 32.5. The summed E-state index contributed by atoms with van der Waals surface area (Å²) in [4.78, 5) is 11.2. The minimum absolute atomic E-state index is 0.0141. The van der Waals surface area contributed by atoms with Gasteiger partial charge in [-0.05, 0) is 41.7 Å². The number of rotatable bonds is 6. The fourth-order valence-corrected chi connectivity index (χ4v) is 3.81. The van der Waals surface area contributed by atoms with Crippen LogP contribution in [0.5, 0.6) is 11.5 Å². The molecule has 0 amide bonds. The van der Waals surface area contributed by atoms with Gasteiger partial charge in [-0.1, -0.05) is 55.4 Å². The van der Waals surface area contributed by atoms with Crippen LogP contribution in [0.4, 0.5) is 0 Å². The molecular weight excluding hydrogens is 370 g/mol. The second kappa shape index (κ2) is 9.20. The lowest BCUT2D eigenvalue weighted by Gasteiger charge is -2.41. The maximum atomic E-state index is 11.2. The van der Waals surface area contributed by atoms with E-state index in [9.17, 15) is 20.2 Å². The Kier molecular flexibility index (Phi) is 6.67. The van der Waals surface area contributed by atoms with Crippen LogP contribution in [0.2, 0.25) is 0 Å². The van der Waals surface area contributed by atoms with Crippen molar-refractivity contribution in [2.45, 2.75) is 51.0 Å². The molecule has 1 fully saturated rings. The molecule has 0 bridgehead atoms. The van der Waals surface area contributed by atoms with Crippen molar-refractivity contribution in [3.63, 3.8) is 0 Å². The van der Waals surface area contributed by atoms with E-state index in [2.05, 4.69) is 5.18 Å². The first-order chi connectivity index (χ1) is 13.9. The monoisotopic (exact) mass is 397 g/mol. The van der Waals surface area contributed by atoms with E-state index in [0.717, 1.165) is 11.1 Å². The summed E-state index contributed by atoms with van der Waals surface area (Å²) in [7, 11) is 0. The van der Waals surface area contributed by atoms with E-state index in [1.807, 2.05) is 50.3 Å². The van der Waals surface area contributed by atoms with Crippen molar-refractivity contribution in [1.29, 1.82) is 0 Å². The highest BCUT2D eigenvalue weighted by molar-refractivity contribution is 5.71. The molecule has 0 spiro atoms. The van der Waals surface area contributed by atoms with Crippen LogP contribution in [0.15, 0.2) is 47.6 Å². The molecule has 3 rings (SSSR count). The van der Waals surface area contributed by atoms with Gasteiger partial charge in [0.1, 0.15) is 23.6 Å². The minimum atomic E-state index is -0.854. The maximum absolute atomic E-state index is 11.2. The predicted octanol–water partition coefficient (Wildman–Crippen LogP) is 4.12. The predicted molar refractivity (Wildman–Crippen MR) is 113 cm³/mol. The molecule has 2 aromatic rings. The SMILES string of the molecule is CCC1OC(Cc2ccc(/C=C/c3cc(O)cc(O)c3)cc2)C(C)C(N=O)C1O. The topological polar surface area (TPSA) is 99.4 Å². The molecule has 1 heterocycles. The maximum Gasteiger partial charge on any atom is 0.125 e. The molecule has 1 aliphatic heterocycles. The third kappa shape index (κ3) is 5.02. The van der Waals surface area contributed by atoms with Gasteiger partial charge >= 0.3 is 0 Å². The zero-order chi connectivity index (χ0) is 21.0. The van der Waals surface area contributed by atoms with Gasteiger partial charge in [0, 0.05) is 12.0 Å². The summed E-state index contributed by atoms with van der Waals surface area (Å²) in [5.74, 6) is -0.135. The van der Waals surface area contributed by atoms with Crippen LogP contribution in [-0.2, 0) is 11.2 Å². The molecule has 2 aromatic carbocycles. The van der Waals surface area contributed by atoms with Gasteiger partial charge in [-0.3, -0.25) is 0 Å². The van der Waals surface area contributed by atoms with E-state index in [1.54, 1.807) is 12.1 Å². The second-order valence-corrected chi connectivity index (χ2v) is 7.63. The summed E-state index contributed by atoms with van der Waals surface area (Å²) in [6, 6.07) is 11.7.